The standard InChI is InChI=1S/C17H11NO6/c19-15-11-3-1-2-4-12(11)16(20)18(15)24-17(21)10-5-6-13-14(9-10)23-8-7-22-13/h1-6,9H,7-8H2. The maximum atomic E-state index is 12.3. The van der Waals surface area contributed by atoms with Gasteiger partial charge in [-0.15, -0.1) is 0 Å². The molecule has 0 N–H and O–H groups in total. The molecular weight excluding hydrogens is 314 g/mol. The van der Waals surface area contributed by atoms with Gasteiger partial charge in [0, 0.05) is 0 Å². The van der Waals surface area contributed by atoms with Gasteiger partial charge in [0.25, 0.3) is 11.8 Å². The van der Waals surface area contributed by atoms with Gasteiger partial charge in [-0.05, 0) is 30.3 Å². The lowest BCUT2D eigenvalue weighted by atomic mass is 10.1. The number of carbonyl (C=O) groups excluding carboxylic acids is 3. The summed E-state index contributed by atoms with van der Waals surface area (Å²) in [4.78, 5) is 41.6. The molecule has 120 valence electrons. The molecule has 0 radical (unpaired) electrons. The summed E-state index contributed by atoms with van der Waals surface area (Å²) in [6, 6.07) is 10.8. The van der Waals surface area contributed by atoms with Gasteiger partial charge in [0.2, 0.25) is 0 Å². The molecule has 2 aliphatic heterocycles. The molecule has 0 aromatic heterocycles. The van der Waals surface area contributed by atoms with E-state index in [1.54, 1.807) is 18.2 Å². The Morgan fingerprint density at radius 2 is 1.54 bits per heavy atom. The minimum atomic E-state index is -0.832. The third-order valence-electron chi connectivity index (χ3n) is 3.71. The predicted molar refractivity (Wildman–Crippen MR) is 79.8 cm³/mol. The third-order valence-corrected chi connectivity index (χ3v) is 3.71. The fraction of sp³-hybridized carbons (Fsp3) is 0.118. The number of amides is 2. The lowest BCUT2D eigenvalue weighted by Crippen LogP contribution is -2.32. The zero-order valence-corrected chi connectivity index (χ0v) is 12.4. The molecule has 2 aromatic carbocycles. The van der Waals surface area contributed by atoms with Crippen LogP contribution in [0, 0.1) is 0 Å². The molecule has 2 aromatic rings. The number of hydroxylamine groups is 2. The number of rotatable bonds is 2. The molecule has 7 nitrogen and oxygen atoms in total. The van der Waals surface area contributed by atoms with Gasteiger partial charge in [-0.2, -0.15) is 0 Å². The molecule has 0 aliphatic carbocycles. The second kappa shape index (κ2) is 5.38. The van der Waals surface area contributed by atoms with Crippen LogP contribution in [0.25, 0.3) is 0 Å². The van der Waals surface area contributed by atoms with Crippen molar-refractivity contribution in [2.75, 3.05) is 13.2 Å². The summed E-state index contributed by atoms with van der Waals surface area (Å²) in [7, 11) is 0. The van der Waals surface area contributed by atoms with E-state index < -0.39 is 17.8 Å². The highest BCUT2D eigenvalue weighted by molar-refractivity contribution is 6.21. The van der Waals surface area contributed by atoms with Crippen molar-refractivity contribution < 1.29 is 28.7 Å². The summed E-state index contributed by atoms with van der Waals surface area (Å²) >= 11 is 0. The Hall–Kier alpha value is -3.35. The quantitative estimate of drug-likeness (QED) is 0.784. The van der Waals surface area contributed by atoms with Crippen LogP contribution in [0.2, 0.25) is 0 Å². The van der Waals surface area contributed by atoms with E-state index in [9.17, 15) is 14.4 Å². The van der Waals surface area contributed by atoms with Crippen LogP contribution in [0.1, 0.15) is 31.1 Å². The maximum Gasteiger partial charge on any atom is 0.364 e. The Bertz CT molecular complexity index is 840. The molecule has 4 rings (SSSR count). The maximum absolute atomic E-state index is 12.3. The highest BCUT2D eigenvalue weighted by atomic mass is 16.7. The van der Waals surface area contributed by atoms with Crippen LogP contribution in [0.5, 0.6) is 11.5 Å². The average molecular weight is 325 g/mol. The van der Waals surface area contributed by atoms with Crippen molar-refractivity contribution in [1.82, 2.24) is 5.06 Å². The van der Waals surface area contributed by atoms with Crippen LogP contribution in [-0.2, 0) is 4.84 Å². The van der Waals surface area contributed by atoms with Crippen molar-refractivity contribution in [1.29, 1.82) is 0 Å². The predicted octanol–water partition coefficient (Wildman–Crippen LogP) is 1.83. The number of imide groups is 1. The van der Waals surface area contributed by atoms with Crippen molar-refractivity contribution in [2.45, 2.75) is 0 Å². The molecular formula is C17H11NO6. The topological polar surface area (TPSA) is 82.1 Å². The molecule has 0 saturated heterocycles. The Labute approximate surface area is 136 Å². The Balaban J connectivity index is 1.57. The van der Waals surface area contributed by atoms with E-state index in [1.807, 2.05) is 0 Å². The number of hydrogen-bond donors (Lipinski definition) is 0. The Morgan fingerprint density at radius 1 is 0.917 bits per heavy atom. The van der Waals surface area contributed by atoms with Crippen LogP contribution in [0.15, 0.2) is 42.5 Å². The molecule has 0 saturated carbocycles. The fourth-order valence-electron chi connectivity index (χ4n) is 2.56. The van der Waals surface area contributed by atoms with E-state index in [0.717, 1.165) is 0 Å². The highest BCUT2D eigenvalue weighted by Crippen LogP contribution is 2.31. The summed E-state index contributed by atoms with van der Waals surface area (Å²) in [5.41, 5.74) is 0.561. The largest absolute Gasteiger partial charge is 0.486 e. The molecule has 0 spiro atoms. The molecule has 0 bridgehead atoms. The monoisotopic (exact) mass is 325 g/mol. The van der Waals surface area contributed by atoms with Crippen LogP contribution < -0.4 is 9.47 Å². The van der Waals surface area contributed by atoms with E-state index in [-0.39, 0.29) is 16.7 Å². The van der Waals surface area contributed by atoms with Gasteiger partial charge in [0.15, 0.2) is 11.5 Å². The molecule has 2 amide bonds. The molecule has 0 atom stereocenters. The highest BCUT2D eigenvalue weighted by Gasteiger charge is 2.38. The number of fused-ring (bicyclic) bond motifs is 2. The van der Waals surface area contributed by atoms with Crippen molar-refractivity contribution in [3.8, 4) is 11.5 Å². The molecule has 0 fully saturated rings. The second-order valence-electron chi connectivity index (χ2n) is 5.19. The van der Waals surface area contributed by atoms with E-state index in [0.29, 0.717) is 29.8 Å². The van der Waals surface area contributed by atoms with Crippen LogP contribution in [0.4, 0.5) is 0 Å². The van der Waals surface area contributed by atoms with Gasteiger partial charge >= 0.3 is 5.97 Å². The Kier molecular flexibility index (Phi) is 3.19. The van der Waals surface area contributed by atoms with Crippen LogP contribution in [-0.4, -0.2) is 36.1 Å². The van der Waals surface area contributed by atoms with Crippen molar-refractivity contribution in [2.24, 2.45) is 0 Å². The van der Waals surface area contributed by atoms with Gasteiger partial charge < -0.3 is 14.3 Å². The van der Waals surface area contributed by atoms with Gasteiger partial charge in [0.05, 0.1) is 16.7 Å². The van der Waals surface area contributed by atoms with E-state index in [2.05, 4.69) is 0 Å². The first-order valence-corrected chi connectivity index (χ1v) is 7.25. The molecule has 24 heavy (non-hydrogen) atoms. The number of carbonyl (C=O) groups is 3. The molecule has 2 aliphatic rings. The molecule has 7 heteroatoms. The number of ether oxygens (including phenoxy) is 2. The summed E-state index contributed by atoms with van der Waals surface area (Å²) in [6.45, 7) is 0.815. The van der Waals surface area contributed by atoms with Crippen molar-refractivity contribution in [3.05, 3.63) is 59.2 Å². The number of hydrogen-bond acceptors (Lipinski definition) is 6. The number of nitrogens with zero attached hydrogens (tertiary/aromatic N) is 1. The lowest BCUT2D eigenvalue weighted by molar-refractivity contribution is -0.0584. The third kappa shape index (κ3) is 2.18. The van der Waals surface area contributed by atoms with Crippen molar-refractivity contribution in [3.63, 3.8) is 0 Å². The normalized spacial score (nSPS) is 15.2. The average Bonchev–Trinajstić information content (AvgIpc) is 2.86. The van der Waals surface area contributed by atoms with E-state index in [1.165, 1.54) is 24.3 Å². The van der Waals surface area contributed by atoms with Gasteiger partial charge in [0.1, 0.15) is 13.2 Å². The minimum Gasteiger partial charge on any atom is -0.486 e. The van der Waals surface area contributed by atoms with Gasteiger partial charge in [-0.1, -0.05) is 17.2 Å². The zero-order valence-electron chi connectivity index (χ0n) is 12.4. The van der Waals surface area contributed by atoms with E-state index >= 15 is 0 Å². The van der Waals surface area contributed by atoms with Gasteiger partial charge in [-0.3, -0.25) is 9.59 Å². The van der Waals surface area contributed by atoms with Crippen molar-refractivity contribution >= 4 is 17.8 Å². The van der Waals surface area contributed by atoms with E-state index in [4.69, 9.17) is 14.3 Å². The zero-order chi connectivity index (χ0) is 16.7. The summed E-state index contributed by atoms with van der Waals surface area (Å²) < 4.78 is 10.8. The first-order valence-electron chi connectivity index (χ1n) is 7.25. The molecule has 0 unspecified atom stereocenters. The Morgan fingerprint density at radius 3 is 2.21 bits per heavy atom. The summed E-state index contributed by atoms with van der Waals surface area (Å²) in [5.74, 6) is -1.22. The minimum absolute atomic E-state index is 0.149. The van der Waals surface area contributed by atoms with Gasteiger partial charge in [-0.25, -0.2) is 4.79 Å². The smallest absolute Gasteiger partial charge is 0.364 e. The SMILES string of the molecule is O=C(ON1C(=O)c2ccccc2C1=O)c1ccc2c(c1)OCCO2. The van der Waals surface area contributed by atoms with Crippen LogP contribution in [0.3, 0.4) is 0 Å². The van der Waals surface area contributed by atoms with Crippen LogP contribution >= 0.6 is 0 Å². The first kappa shape index (κ1) is 14.3. The first-order chi connectivity index (χ1) is 11.6. The number of benzene rings is 2. The summed E-state index contributed by atoms with van der Waals surface area (Å²) in [5, 5.41) is 0.476. The second-order valence-corrected chi connectivity index (χ2v) is 5.19. The summed E-state index contributed by atoms with van der Waals surface area (Å²) in [6.07, 6.45) is 0. The molecule has 2 heterocycles. The fourth-order valence-corrected chi connectivity index (χ4v) is 2.56. The lowest BCUT2D eigenvalue weighted by Gasteiger charge is -2.19.